The number of aryl methyl sites for hydroxylation is 2. The van der Waals surface area contributed by atoms with Crippen LogP contribution in [-0.2, 0) is 10.4 Å². The fraction of sp³-hybridized carbons (Fsp3) is 0.500. The average Bonchev–Trinajstić information content (AvgIpc) is 2.12. The van der Waals surface area contributed by atoms with Crippen LogP contribution in [0.15, 0.2) is 6.07 Å². The number of carboxylic acid groups (broad SMARTS) is 1. The summed E-state index contributed by atoms with van der Waals surface area (Å²) in [6.45, 7) is 9.36. The molecule has 0 aromatic heterocycles. The maximum Gasteiger partial charge on any atom is 0.306 e. The summed E-state index contributed by atoms with van der Waals surface area (Å²) in [4.78, 5) is 10.8. The number of hydrogen-bond donors (Lipinski definition) is 2. The van der Waals surface area contributed by atoms with Gasteiger partial charge in [0.25, 0.3) is 0 Å². The number of aliphatic hydroxyl groups is 1. The minimum Gasteiger partial charge on any atom is -0.481 e. The van der Waals surface area contributed by atoms with Crippen LogP contribution in [0, 0.1) is 27.7 Å². The Morgan fingerprint density at radius 1 is 1.18 bits per heavy atom. The first-order chi connectivity index (χ1) is 7.66. The van der Waals surface area contributed by atoms with Crippen LogP contribution in [0.2, 0.25) is 0 Å². The lowest BCUT2D eigenvalue weighted by Gasteiger charge is -2.28. The van der Waals surface area contributed by atoms with Crippen LogP contribution in [0.25, 0.3) is 0 Å². The number of hydrogen-bond acceptors (Lipinski definition) is 2. The molecule has 0 spiro atoms. The molecule has 0 saturated carbocycles. The molecule has 0 aliphatic heterocycles. The number of aliphatic carboxylic acids is 1. The lowest BCUT2D eigenvalue weighted by molar-refractivity contribution is -0.142. The van der Waals surface area contributed by atoms with Crippen molar-refractivity contribution in [1.82, 2.24) is 0 Å². The van der Waals surface area contributed by atoms with Crippen LogP contribution >= 0.6 is 0 Å². The fourth-order valence-electron chi connectivity index (χ4n) is 2.41. The number of carboxylic acids is 1. The predicted molar refractivity (Wildman–Crippen MR) is 67.2 cm³/mol. The van der Waals surface area contributed by atoms with E-state index in [2.05, 4.69) is 6.07 Å². The van der Waals surface area contributed by atoms with E-state index in [0.29, 0.717) is 0 Å². The summed E-state index contributed by atoms with van der Waals surface area (Å²) >= 11 is 0. The molecule has 0 saturated heterocycles. The molecule has 0 radical (unpaired) electrons. The highest BCUT2D eigenvalue weighted by Gasteiger charge is 2.30. The SMILES string of the molecule is Cc1cc(C)c(C)c(C(C)(O)CC(=O)O)c1C. The van der Waals surface area contributed by atoms with E-state index in [4.69, 9.17) is 5.11 Å². The van der Waals surface area contributed by atoms with Crippen molar-refractivity contribution in [2.24, 2.45) is 0 Å². The maximum absolute atomic E-state index is 10.8. The molecule has 1 aromatic rings. The first-order valence-corrected chi connectivity index (χ1v) is 5.69. The Hall–Kier alpha value is -1.35. The smallest absolute Gasteiger partial charge is 0.306 e. The van der Waals surface area contributed by atoms with E-state index in [1.165, 1.54) is 0 Å². The zero-order chi connectivity index (χ0) is 13.4. The predicted octanol–water partition coefficient (Wildman–Crippen LogP) is 2.60. The van der Waals surface area contributed by atoms with Gasteiger partial charge >= 0.3 is 5.97 Å². The van der Waals surface area contributed by atoms with Gasteiger partial charge in [0.05, 0.1) is 12.0 Å². The molecular weight excluding hydrogens is 216 g/mol. The van der Waals surface area contributed by atoms with Gasteiger partial charge in [-0.2, -0.15) is 0 Å². The topological polar surface area (TPSA) is 57.5 Å². The summed E-state index contributed by atoms with van der Waals surface area (Å²) in [7, 11) is 0. The van der Waals surface area contributed by atoms with E-state index in [-0.39, 0.29) is 6.42 Å². The Morgan fingerprint density at radius 3 is 1.94 bits per heavy atom. The average molecular weight is 236 g/mol. The third-order valence-electron chi connectivity index (χ3n) is 3.40. The van der Waals surface area contributed by atoms with E-state index < -0.39 is 11.6 Å². The van der Waals surface area contributed by atoms with E-state index in [1.54, 1.807) is 6.92 Å². The normalized spacial score (nSPS) is 14.5. The van der Waals surface area contributed by atoms with Crippen molar-refractivity contribution in [3.8, 4) is 0 Å². The third-order valence-corrected chi connectivity index (χ3v) is 3.40. The second-order valence-corrected chi connectivity index (χ2v) is 4.98. The summed E-state index contributed by atoms with van der Waals surface area (Å²) in [6, 6.07) is 2.06. The number of carbonyl (C=O) groups is 1. The van der Waals surface area contributed by atoms with Gasteiger partial charge in [-0.15, -0.1) is 0 Å². The fourth-order valence-corrected chi connectivity index (χ4v) is 2.41. The largest absolute Gasteiger partial charge is 0.481 e. The van der Waals surface area contributed by atoms with Crippen molar-refractivity contribution in [2.75, 3.05) is 0 Å². The van der Waals surface area contributed by atoms with Gasteiger partial charge in [-0.3, -0.25) is 4.79 Å². The molecule has 0 fully saturated rings. The van der Waals surface area contributed by atoms with E-state index in [1.807, 2.05) is 27.7 Å². The Kier molecular flexibility index (Phi) is 3.62. The Morgan fingerprint density at radius 2 is 1.59 bits per heavy atom. The Bertz CT molecular complexity index is 433. The van der Waals surface area contributed by atoms with Crippen molar-refractivity contribution in [2.45, 2.75) is 46.6 Å². The van der Waals surface area contributed by atoms with Gasteiger partial charge < -0.3 is 10.2 Å². The zero-order valence-corrected chi connectivity index (χ0v) is 11.1. The van der Waals surface area contributed by atoms with Crippen LogP contribution in [0.1, 0.15) is 41.2 Å². The van der Waals surface area contributed by atoms with Gasteiger partial charge in [0.2, 0.25) is 0 Å². The van der Waals surface area contributed by atoms with Crippen LogP contribution in [0.4, 0.5) is 0 Å². The molecule has 1 aromatic carbocycles. The van der Waals surface area contributed by atoms with E-state index in [0.717, 1.165) is 27.8 Å². The highest BCUT2D eigenvalue weighted by atomic mass is 16.4. The van der Waals surface area contributed by atoms with Gasteiger partial charge in [0.1, 0.15) is 0 Å². The molecule has 1 unspecified atom stereocenters. The van der Waals surface area contributed by atoms with Crippen molar-refractivity contribution >= 4 is 5.97 Å². The van der Waals surface area contributed by atoms with Gasteiger partial charge in [0, 0.05) is 0 Å². The van der Waals surface area contributed by atoms with Crippen LogP contribution in [-0.4, -0.2) is 16.2 Å². The third kappa shape index (κ3) is 2.67. The number of rotatable bonds is 3. The minimum absolute atomic E-state index is 0.280. The minimum atomic E-state index is -1.32. The van der Waals surface area contributed by atoms with Crippen molar-refractivity contribution in [1.29, 1.82) is 0 Å². The molecule has 2 N–H and O–H groups in total. The molecule has 0 heterocycles. The summed E-state index contributed by atoms with van der Waals surface area (Å²) in [6.07, 6.45) is -0.280. The summed E-state index contributed by atoms with van der Waals surface area (Å²) in [5.41, 5.74) is 3.52. The highest BCUT2D eigenvalue weighted by molar-refractivity contribution is 5.69. The molecule has 1 rings (SSSR count). The zero-order valence-electron chi connectivity index (χ0n) is 11.1. The highest BCUT2D eigenvalue weighted by Crippen LogP contribution is 2.33. The summed E-state index contributed by atoms with van der Waals surface area (Å²) < 4.78 is 0. The molecule has 0 bridgehead atoms. The quantitative estimate of drug-likeness (QED) is 0.848. The molecule has 0 aliphatic rings. The monoisotopic (exact) mass is 236 g/mol. The molecule has 0 amide bonds. The van der Waals surface area contributed by atoms with Crippen LogP contribution in [0.5, 0.6) is 0 Å². The standard InChI is InChI=1S/C14H20O3/c1-8-6-9(2)11(4)13(10(8)3)14(5,17)7-12(15)16/h6,17H,7H2,1-5H3,(H,15,16). The van der Waals surface area contributed by atoms with Crippen molar-refractivity contribution in [3.05, 3.63) is 33.9 Å². The molecule has 17 heavy (non-hydrogen) atoms. The second kappa shape index (κ2) is 4.49. The number of benzene rings is 1. The lowest BCUT2D eigenvalue weighted by Crippen LogP contribution is -2.28. The summed E-state index contributed by atoms with van der Waals surface area (Å²) in [5, 5.41) is 19.3. The maximum atomic E-state index is 10.8. The van der Waals surface area contributed by atoms with Crippen molar-refractivity contribution in [3.63, 3.8) is 0 Å². The first kappa shape index (κ1) is 13.7. The molecule has 3 heteroatoms. The van der Waals surface area contributed by atoms with Crippen LogP contribution < -0.4 is 0 Å². The summed E-state index contributed by atoms with van der Waals surface area (Å²) in [5.74, 6) is -0.993. The lowest BCUT2D eigenvalue weighted by atomic mass is 9.82. The Labute approximate surface area is 102 Å². The Balaban J connectivity index is 3.44. The van der Waals surface area contributed by atoms with Crippen LogP contribution in [0.3, 0.4) is 0 Å². The van der Waals surface area contributed by atoms with Crippen molar-refractivity contribution < 1.29 is 15.0 Å². The molecule has 0 aliphatic carbocycles. The first-order valence-electron chi connectivity index (χ1n) is 5.69. The van der Waals surface area contributed by atoms with Gasteiger partial charge in [-0.1, -0.05) is 6.07 Å². The molecular formula is C14H20O3. The van der Waals surface area contributed by atoms with Gasteiger partial charge in [0.15, 0.2) is 0 Å². The van der Waals surface area contributed by atoms with E-state index in [9.17, 15) is 9.90 Å². The van der Waals surface area contributed by atoms with Gasteiger partial charge in [-0.25, -0.2) is 0 Å². The van der Waals surface area contributed by atoms with Gasteiger partial charge in [-0.05, 0) is 62.4 Å². The molecule has 94 valence electrons. The molecule has 3 nitrogen and oxygen atoms in total. The molecule has 1 atom stereocenters. The van der Waals surface area contributed by atoms with E-state index >= 15 is 0 Å². The second-order valence-electron chi connectivity index (χ2n) is 4.98.